The zero-order valence-electron chi connectivity index (χ0n) is 12.8. The van der Waals surface area contributed by atoms with Crippen molar-refractivity contribution in [1.82, 2.24) is 4.90 Å². The van der Waals surface area contributed by atoms with Gasteiger partial charge >= 0.3 is 0 Å². The van der Waals surface area contributed by atoms with Gasteiger partial charge in [-0.05, 0) is 62.0 Å². The van der Waals surface area contributed by atoms with E-state index < -0.39 is 0 Å². The molecule has 2 aliphatic carbocycles. The van der Waals surface area contributed by atoms with Gasteiger partial charge in [0.05, 0.1) is 4.88 Å². The topological polar surface area (TPSA) is 20.3 Å². The zero-order valence-corrected chi connectivity index (χ0v) is 13.6. The van der Waals surface area contributed by atoms with Crippen molar-refractivity contribution in [3.63, 3.8) is 0 Å². The number of carbonyl (C=O) groups is 1. The maximum absolute atomic E-state index is 12.8. The van der Waals surface area contributed by atoms with Crippen molar-refractivity contribution >= 4 is 17.2 Å². The van der Waals surface area contributed by atoms with Crippen molar-refractivity contribution in [3.05, 3.63) is 21.4 Å². The molecule has 114 valence electrons. The number of hydrogen-bond acceptors (Lipinski definition) is 2. The maximum Gasteiger partial charge on any atom is 0.263 e. The minimum Gasteiger partial charge on any atom is -0.338 e. The Morgan fingerprint density at radius 3 is 2.71 bits per heavy atom. The minimum atomic E-state index is 0.318. The molecule has 2 heterocycles. The van der Waals surface area contributed by atoms with E-state index in [0.717, 1.165) is 29.8 Å². The van der Waals surface area contributed by atoms with Gasteiger partial charge in [-0.2, -0.15) is 0 Å². The molecule has 0 N–H and O–H groups in total. The number of thiophene rings is 1. The Morgan fingerprint density at radius 1 is 1.05 bits per heavy atom. The number of likely N-dealkylation sites (tertiary alicyclic amines) is 1. The fourth-order valence-electron chi connectivity index (χ4n) is 4.54. The standard InChI is InChI=1S/C18H25NOS/c20-18(17-11-14-6-3-4-8-16(14)21-17)19-10-9-13-5-1-2-7-15(13)12-19/h11,13,15H,1-10,12H2. The predicted molar refractivity (Wildman–Crippen MR) is 86.9 cm³/mol. The number of fused-ring (bicyclic) bond motifs is 2. The lowest BCUT2D eigenvalue weighted by Gasteiger charge is -2.41. The molecule has 2 nitrogen and oxygen atoms in total. The largest absolute Gasteiger partial charge is 0.338 e. The molecule has 2 unspecified atom stereocenters. The minimum absolute atomic E-state index is 0.318. The van der Waals surface area contributed by atoms with Crippen LogP contribution in [-0.2, 0) is 12.8 Å². The molecule has 0 spiro atoms. The summed E-state index contributed by atoms with van der Waals surface area (Å²) in [7, 11) is 0. The first-order valence-corrected chi connectivity index (χ1v) is 9.54. The smallest absolute Gasteiger partial charge is 0.263 e. The highest BCUT2D eigenvalue weighted by Crippen LogP contribution is 2.37. The van der Waals surface area contributed by atoms with Gasteiger partial charge in [-0.1, -0.05) is 19.3 Å². The van der Waals surface area contributed by atoms with E-state index >= 15 is 0 Å². The molecule has 3 heteroatoms. The van der Waals surface area contributed by atoms with E-state index in [9.17, 15) is 4.79 Å². The van der Waals surface area contributed by atoms with Crippen molar-refractivity contribution < 1.29 is 4.79 Å². The highest BCUT2D eigenvalue weighted by Gasteiger charge is 2.33. The number of rotatable bonds is 1. The molecule has 1 aromatic heterocycles. The summed E-state index contributed by atoms with van der Waals surface area (Å²) in [6.45, 7) is 2.01. The molecule has 2 fully saturated rings. The average molecular weight is 303 g/mol. The number of aryl methyl sites for hydroxylation is 2. The first-order chi connectivity index (χ1) is 10.3. The van der Waals surface area contributed by atoms with E-state index in [0.29, 0.717) is 5.91 Å². The molecule has 3 aliphatic rings. The van der Waals surface area contributed by atoms with Gasteiger partial charge in [-0.15, -0.1) is 11.3 Å². The summed E-state index contributed by atoms with van der Waals surface area (Å²) in [5.74, 6) is 2.00. The van der Waals surface area contributed by atoms with E-state index in [1.807, 2.05) is 0 Å². The van der Waals surface area contributed by atoms with Crippen LogP contribution in [0.3, 0.4) is 0 Å². The Labute approximate surface area is 131 Å². The van der Waals surface area contributed by atoms with E-state index in [2.05, 4.69) is 11.0 Å². The number of piperidine rings is 1. The van der Waals surface area contributed by atoms with Crippen LogP contribution in [0, 0.1) is 11.8 Å². The van der Waals surface area contributed by atoms with Crippen LogP contribution in [0.4, 0.5) is 0 Å². The van der Waals surface area contributed by atoms with Gasteiger partial charge in [0.2, 0.25) is 0 Å². The van der Waals surface area contributed by atoms with Crippen LogP contribution in [0.5, 0.6) is 0 Å². The van der Waals surface area contributed by atoms with Crippen molar-refractivity contribution in [2.24, 2.45) is 11.8 Å². The van der Waals surface area contributed by atoms with Crippen LogP contribution in [0.15, 0.2) is 6.07 Å². The summed E-state index contributed by atoms with van der Waals surface area (Å²) in [6.07, 6.45) is 11.7. The van der Waals surface area contributed by atoms with Crippen LogP contribution >= 0.6 is 11.3 Å². The van der Waals surface area contributed by atoms with E-state index in [4.69, 9.17) is 0 Å². The van der Waals surface area contributed by atoms with E-state index in [1.54, 1.807) is 11.3 Å². The summed E-state index contributed by atoms with van der Waals surface area (Å²) >= 11 is 1.78. The molecule has 1 aromatic rings. The quantitative estimate of drug-likeness (QED) is 0.758. The SMILES string of the molecule is O=C(c1cc2c(s1)CCCC2)N1CCC2CCCCC2C1. The van der Waals surface area contributed by atoms with E-state index in [-0.39, 0.29) is 0 Å². The summed E-state index contributed by atoms with van der Waals surface area (Å²) in [4.78, 5) is 17.5. The van der Waals surface area contributed by atoms with Crippen LogP contribution in [0.25, 0.3) is 0 Å². The third-order valence-electron chi connectivity index (χ3n) is 5.79. The van der Waals surface area contributed by atoms with Gasteiger partial charge in [0.25, 0.3) is 5.91 Å². The first kappa shape index (κ1) is 13.8. The lowest BCUT2D eigenvalue weighted by atomic mass is 9.75. The molecule has 4 rings (SSSR count). The second-order valence-electron chi connectivity index (χ2n) is 7.11. The third-order valence-corrected chi connectivity index (χ3v) is 7.01. The normalized spacial score (nSPS) is 28.9. The third kappa shape index (κ3) is 2.65. The van der Waals surface area contributed by atoms with Crippen LogP contribution in [-0.4, -0.2) is 23.9 Å². The number of nitrogens with zero attached hydrogens (tertiary/aromatic N) is 1. The molecule has 0 aromatic carbocycles. The number of amides is 1. The Morgan fingerprint density at radius 2 is 1.86 bits per heavy atom. The molecule has 1 saturated carbocycles. The zero-order chi connectivity index (χ0) is 14.2. The fraction of sp³-hybridized carbons (Fsp3) is 0.722. The Bertz CT molecular complexity index is 512. The summed E-state index contributed by atoms with van der Waals surface area (Å²) in [5.41, 5.74) is 1.46. The Hall–Kier alpha value is -0.830. The number of hydrogen-bond donors (Lipinski definition) is 0. The summed E-state index contributed by atoms with van der Waals surface area (Å²) in [5, 5.41) is 0. The van der Waals surface area contributed by atoms with Crippen molar-refractivity contribution in [2.75, 3.05) is 13.1 Å². The average Bonchev–Trinajstić information content (AvgIpc) is 2.97. The Balaban J connectivity index is 1.48. The fourth-order valence-corrected chi connectivity index (χ4v) is 5.76. The first-order valence-electron chi connectivity index (χ1n) is 8.72. The second kappa shape index (κ2) is 5.75. The summed E-state index contributed by atoms with van der Waals surface area (Å²) in [6, 6.07) is 2.20. The molecule has 1 aliphatic heterocycles. The molecular formula is C18H25NOS. The molecule has 21 heavy (non-hydrogen) atoms. The van der Waals surface area contributed by atoms with Gasteiger partial charge in [-0.25, -0.2) is 0 Å². The highest BCUT2D eigenvalue weighted by atomic mass is 32.1. The molecule has 1 saturated heterocycles. The molecular weight excluding hydrogens is 278 g/mol. The second-order valence-corrected chi connectivity index (χ2v) is 8.25. The number of carbonyl (C=O) groups excluding carboxylic acids is 1. The van der Waals surface area contributed by atoms with Crippen LogP contribution in [0.1, 0.15) is 65.1 Å². The van der Waals surface area contributed by atoms with Gasteiger partial charge < -0.3 is 4.90 Å². The Kier molecular flexibility index (Phi) is 3.78. The molecule has 0 radical (unpaired) electrons. The summed E-state index contributed by atoms with van der Waals surface area (Å²) < 4.78 is 0. The molecule has 1 amide bonds. The maximum atomic E-state index is 12.8. The lowest BCUT2D eigenvalue weighted by Crippen LogP contribution is -2.44. The lowest BCUT2D eigenvalue weighted by molar-refractivity contribution is 0.0525. The van der Waals surface area contributed by atoms with Crippen LogP contribution in [0.2, 0.25) is 0 Å². The van der Waals surface area contributed by atoms with E-state index in [1.165, 1.54) is 68.2 Å². The van der Waals surface area contributed by atoms with Gasteiger partial charge in [-0.3, -0.25) is 4.79 Å². The highest BCUT2D eigenvalue weighted by molar-refractivity contribution is 7.14. The predicted octanol–water partition coefficient (Wildman–Crippen LogP) is 4.28. The van der Waals surface area contributed by atoms with Crippen molar-refractivity contribution in [2.45, 2.75) is 57.8 Å². The van der Waals surface area contributed by atoms with Crippen LogP contribution < -0.4 is 0 Å². The van der Waals surface area contributed by atoms with Gasteiger partial charge in [0.15, 0.2) is 0 Å². The molecule has 2 atom stereocenters. The van der Waals surface area contributed by atoms with Crippen molar-refractivity contribution in [3.8, 4) is 0 Å². The van der Waals surface area contributed by atoms with Crippen molar-refractivity contribution in [1.29, 1.82) is 0 Å². The molecule has 0 bridgehead atoms. The van der Waals surface area contributed by atoms with Gasteiger partial charge in [0, 0.05) is 18.0 Å². The van der Waals surface area contributed by atoms with Gasteiger partial charge in [0.1, 0.15) is 0 Å². The monoisotopic (exact) mass is 303 g/mol.